The van der Waals surface area contributed by atoms with Gasteiger partial charge in [0.1, 0.15) is 6.54 Å². The van der Waals surface area contributed by atoms with Crippen LogP contribution in [0.4, 0.5) is 5.69 Å². The van der Waals surface area contributed by atoms with Gasteiger partial charge in [-0.15, -0.1) is 0 Å². The van der Waals surface area contributed by atoms with Crippen LogP contribution < -0.4 is 9.73 Å². The van der Waals surface area contributed by atoms with Gasteiger partial charge in [-0.05, 0) is 42.3 Å². The van der Waals surface area contributed by atoms with E-state index in [1.54, 1.807) is 43.3 Å². The van der Waals surface area contributed by atoms with E-state index in [-0.39, 0.29) is 0 Å². The minimum absolute atomic E-state index is 0.327. The molecule has 1 amide bonds. The molecule has 0 aliphatic carbocycles. The Morgan fingerprint density at radius 3 is 2.48 bits per heavy atom. The van der Waals surface area contributed by atoms with Crippen LogP contribution in [-0.2, 0) is 14.8 Å². The van der Waals surface area contributed by atoms with E-state index in [1.807, 2.05) is 0 Å². The predicted molar refractivity (Wildman–Crippen MR) is 111 cm³/mol. The Morgan fingerprint density at radius 1 is 1.15 bits per heavy atom. The summed E-state index contributed by atoms with van der Waals surface area (Å²) in [5, 5.41) is 4.96. The van der Waals surface area contributed by atoms with Crippen LogP contribution in [0, 0.1) is 6.92 Å². The van der Waals surface area contributed by atoms with E-state index in [0.717, 1.165) is 10.6 Å². The molecule has 0 saturated heterocycles. The molecule has 0 fully saturated rings. The zero-order valence-corrected chi connectivity index (χ0v) is 17.5. The fourth-order valence-corrected chi connectivity index (χ4v) is 3.57. The van der Waals surface area contributed by atoms with E-state index in [9.17, 15) is 13.2 Å². The molecule has 2 aromatic rings. The molecule has 2 aromatic carbocycles. The van der Waals surface area contributed by atoms with Gasteiger partial charge in [0.2, 0.25) is 10.0 Å². The Kier molecular flexibility index (Phi) is 7.11. The molecule has 0 aliphatic rings. The number of halogens is 3. The first-order valence-electron chi connectivity index (χ1n) is 7.59. The molecule has 0 aromatic heterocycles. The topological polar surface area (TPSA) is 78.8 Å². The molecule has 0 unspecified atom stereocenters. The van der Waals surface area contributed by atoms with Gasteiger partial charge in [0.25, 0.3) is 5.91 Å². The second-order valence-electron chi connectivity index (χ2n) is 5.62. The lowest BCUT2D eigenvalue weighted by atomic mass is 10.2. The van der Waals surface area contributed by atoms with E-state index in [0.29, 0.717) is 31.9 Å². The fourth-order valence-electron chi connectivity index (χ4n) is 2.18. The molecule has 0 saturated carbocycles. The van der Waals surface area contributed by atoms with Gasteiger partial charge in [-0.3, -0.25) is 9.10 Å². The van der Waals surface area contributed by atoms with Crippen molar-refractivity contribution in [3.05, 3.63) is 62.6 Å². The van der Waals surface area contributed by atoms with Gasteiger partial charge >= 0.3 is 0 Å². The van der Waals surface area contributed by atoms with Crippen molar-refractivity contribution in [1.82, 2.24) is 5.43 Å². The molecule has 0 spiro atoms. The van der Waals surface area contributed by atoms with Crippen LogP contribution in [0.15, 0.2) is 41.5 Å². The van der Waals surface area contributed by atoms with Crippen LogP contribution in [-0.4, -0.2) is 33.3 Å². The highest BCUT2D eigenvalue weighted by atomic mass is 35.5. The van der Waals surface area contributed by atoms with Crippen molar-refractivity contribution < 1.29 is 13.2 Å². The van der Waals surface area contributed by atoms with Crippen molar-refractivity contribution in [2.24, 2.45) is 5.10 Å². The van der Waals surface area contributed by atoms with Crippen LogP contribution >= 0.6 is 34.8 Å². The first-order chi connectivity index (χ1) is 12.6. The lowest BCUT2D eigenvalue weighted by molar-refractivity contribution is -0.119. The second kappa shape index (κ2) is 8.93. The number of hydrogen-bond donors (Lipinski definition) is 1. The summed E-state index contributed by atoms with van der Waals surface area (Å²) in [7, 11) is -3.71. The highest BCUT2D eigenvalue weighted by Gasteiger charge is 2.22. The van der Waals surface area contributed by atoms with E-state index in [2.05, 4.69) is 10.5 Å². The lowest BCUT2D eigenvalue weighted by Crippen LogP contribution is -2.39. The fraction of sp³-hybridized carbons (Fsp3) is 0.176. The number of amides is 1. The van der Waals surface area contributed by atoms with Gasteiger partial charge in [0.05, 0.1) is 28.2 Å². The summed E-state index contributed by atoms with van der Waals surface area (Å²) in [5.74, 6) is -0.615. The van der Waals surface area contributed by atoms with Crippen molar-refractivity contribution in [2.75, 3.05) is 17.1 Å². The summed E-state index contributed by atoms with van der Waals surface area (Å²) in [5.41, 5.74) is 3.79. The Hall–Kier alpha value is -1.80. The molecule has 0 aliphatic heterocycles. The zero-order chi connectivity index (χ0) is 20.2. The number of benzene rings is 2. The van der Waals surface area contributed by atoms with Crippen molar-refractivity contribution >= 4 is 62.6 Å². The molecule has 1 N–H and O–H groups in total. The van der Waals surface area contributed by atoms with Crippen LogP contribution in [0.1, 0.15) is 11.1 Å². The first kappa shape index (κ1) is 21.5. The highest BCUT2D eigenvalue weighted by Crippen LogP contribution is 2.28. The monoisotopic (exact) mass is 447 g/mol. The van der Waals surface area contributed by atoms with Crippen LogP contribution in [0.2, 0.25) is 15.1 Å². The van der Waals surface area contributed by atoms with Crippen LogP contribution in [0.3, 0.4) is 0 Å². The average molecular weight is 449 g/mol. The molecule has 0 radical (unpaired) electrons. The smallest absolute Gasteiger partial charge is 0.260 e. The quantitative estimate of drug-likeness (QED) is 0.538. The van der Waals surface area contributed by atoms with Gasteiger partial charge < -0.3 is 0 Å². The largest absolute Gasteiger partial charge is 0.271 e. The van der Waals surface area contributed by atoms with E-state index in [4.69, 9.17) is 34.8 Å². The second-order valence-corrected chi connectivity index (χ2v) is 8.75. The number of hydrogen-bond acceptors (Lipinski definition) is 4. The summed E-state index contributed by atoms with van der Waals surface area (Å²) >= 11 is 17.8. The number of sulfonamides is 1. The molecule has 0 bridgehead atoms. The average Bonchev–Trinajstić information content (AvgIpc) is 2.58. The summed E-state index contributed by atoms with van der Waals surface area (Å²) in [4.78, 5) is 12.2. The van der Waals surface area contributed by atoms with Gasteiger partial charge in [-0.25, -0.2) is 13.8 Å². The lowest BCUT2D eigenvalue weighted by Gasteiger charge is -2.23. The van der Waals surface area contributed by atoms with Crippen molar-refractivity contribution in [2.45, 2.75) is 6.92 Å². The van der Waals surface area contributed by atoms with E-state index >= 15 is 0 Å². The third-order valence-corrected chi connectivity index (χ3v) is 5.82. The summed E-state index contributed by atoms with van der Waals surface area (Å²) in [6.07, 6.45) is 2.38. The van der Waals surface area contributed by atoms with Gasteiger partial charge in [0.15, 0.2) is 0 Å². The zero-order valence-electron chi connectivity index (χ0n) is 14.4. The van der Waals surface area contributed by atoms with Crippen molar-refractivity contribution in [1.29, 1.82) is 0 Å². The molecular weight excluding hydrogens is 433 g/mol. The molecule has 6 nitrogen and oxygen atoms in total. The molecule has 10 heteroatoms. The summed E-state index contributed by atoms with van der Waals surface area (Å²) in [6, 6.07) is 9.68. The first-order valence-corrected chi connectivity index (χ1v) is 10.6. The van der Waals surface area contributed by atoms with Gasteiger partial charge in [-0.1, -0.05) is 46.9 Å². The number of hydrazone groups is 1. The molecule has 27 heavy (non-hydrogen) atoms. The van der Waals surface area contributed by atoms with E-state index in [1.165, 1.54) is 6.21 Å². The molecule has 144 valence electrons. The maximum Gasteiger partial charge on any atom is 0.260 e. The summed E-state index contributed by atoms with van der Waals surface area (Å²) in [6.45, 7) is 1.23. The molecule has 2 rings (SSSR count). The number of carbonyl (C=O) groups excluding carboxylic acids is 1. The summed E-state index contributed by atoms with van der Waals surface area (Å²) < 4.78 is 25.2. The van der Waals surface area contributed by atoms with Gasteiger partial charge in [0, 0.05) is 5.02 Å². The van der Waals surface area contributed by atoms with Crippen LogP contribution in [0.5, 0.6) is 0 Å². The maximum absolute atomic E-state index is 12.2. The Labute approximate surface area is 172 Å². The number of nitrogens with one attached hydrogen (secondary N) is 1. The molecule has 0 atom stereocenters. The Balaban J connectivity index is 2.14. The Morgan fingerprint density at radius 2 is 1.85 bits per heavy atom. The third kappa shape index (κ3) is 5.84. The SMILES string of the molecule is Cc1c(Cl)cccc1N(CC(=O)N/N=C\c1ccc(Cl)c(Cl)c1)S(C)(=O)=O. The minimum atomic E-state index is -3.71. The Bertz CT molecular complexity index is 994. The van der Waals surface area contributed by atoms with Crippen molar-refractivity contribution in [3.63, 3.8) is 0 Å². The normalized spacial score (nSPS) is 11.6. The van der Waals surface area contributed by atoms with Crippen LogP contribution in [0.25, 0.3) is 0 Å². The number of rotatable bonds is 6. The van der Waals surface area contributed by atoms with Gasteiger partial charge in [-0.2, -0.15) is 5.10 Å². The standard InChI is InChI=1S/C17H16Cl3N3O3S/c1-11-13(18)4-3-5-16(11)23(27(2,25)26)10-17(24)22-21-9-12-6-7-14(19)15(20)8-12/h3-9H,10H2,1-2H3,(H,22,24)/b21-9-. The van der Waals surface area contributed by atoms with Crippen molar-refractivity contribution in [3.8, 4) is 0 Å². The number of nitrogens with zero attached hydrogens (tertiary/aromatic N) is 2. The minimum Gasteiger partial charge on any atom is -0.271 e. The third-order valence-electron chi connectivity index (χ3n) is 3.54. The molecular formula is C17H16Cl3N3O3S. The highest BCUT2D eigenvalue weighted by molar-refractivity contribution is 7.92. The maximum atomic E-state index is 12.2. The predicted octanol–water partition coefficient (Wildman–Crippen LogP) is 3.87. The number of anilines is 1. The van der Waals surface area contributed by atoms with E-state index < -0.39 is 22.5 Å². The molecule has 0 heterocycles. The number of carbonyl (C=O) groups is 1.